The summed E-state index contributed by atoms with van der Waals surface area (Å²) < 4.78 is 5.42. The van der Waals surface area contributed by atoms with E-state index in [0.717, 1.165) is 22.4 Å². The SMILES string of the molecule is Cc1ccc2nc(C=Cc3ccccn3)nc(NCCOCCN)c2c1.Cl.Cl.Cl. The summed E-state index contributed by atoms with van der Waals surface area (Å²) in [5.41, 5.74) is 8.37. The van der Waals surface area contributed by atoms with Crippen molar-refractivity contribution >= 4 is 66.1 Å². The lowest BCUT2D eigenvalue weighted by Gasteiger charge is -2.10. The van der Waals surface area contributed by atoms with E-state index in [1.54, 1.807) is 6.20 Å². The lowest BCUT2D eigenvalue weighted by Crippen LogP contribution is -2.15. The molecule has 6 nitrogen and oxygen atoms in total. The van der Waals surface area contributed by atoms with Gasteiger partial charge in [0.25, 0.3) is 0 Å². The first-order valence-electron chi connectivity index (χ1n) is 8.65. The minimum atomic E-state index is 0. The zero-order valence-electron chi connectivity index (χ0n) is 16.1. The Morgan fingerprint density at radius 2 is 1.86 bits per heavy atom. The fourth-order valence-corrected chi connectivity index (χ4v) is 2.53. The van der Waals surface area contributed by atoms with Crippen molar-refractivity contribution in [2.45, 2.75) is 6.92 Å². The number of rotatable bonds is 8. The van der Waals surface area contributed by atoms with Gasteiger partial charge in [0.2, 0.25) is 0 Å². The van der Waals surface area contributed by atoms with Gasteiger partial charge in [0, 0.05) is 24.7 Å². The van der Waals surface area contributed by atoms with E-state index in [-0.39, 0.29) is 37.2 Å². The smallest absolute Gasteiger partial charge is 0.155 e. The van der Waals surface area contributed by atoms with E-state index in [1.807, 2.05) is 36.4 Å². The molecule has 0 atom stereocenters. The molecule has 29 heavy (non-hydrogen) atoms. The van der Waals surface area contributed by atoms with Crippen LogP contribution in [0.15, 0.2) is 42.6 Å². The summed E-state index contributed by atoms with van der Waals surface area (Å²) in [7, 11) is 0. The van der Waals surface area contributed by atoms with Gasteiger partial charge in [-0.15, -0.1) is 37.2 Å². The minimum Gasteiger partial charge on any atom is -0.378 e. The maximum atomic E-state index is 5.44. The van der Waals surface area contributed by atoms with Crippen LogP contribution in [0.4, 0.5) is 5.82 Å². The van der Waals surface area contributed by atoms with E-state index in [9.17, 15) is 0 Å². The fraction of sp³-hybridized carbons (Fsp3) is 0.250. The lowest BCUT2D eigenvalue weighted by molar-refractivity contribution is 0.151. The molecule has 2 heterocycles. The standard InChI is InChI=1S/C20H23N5O.3ClH/c1-15-5-7-18-17(14-15)20(23-11-13-26-12-9-21)25-19(24-18)8-6-16-4-2-3-10-22-16;;;/h2-8,10,14H,9,11-13,21H2,1H3,(H,23,24,25);3*1H. The molecule has 0 aliphatic heterocycles. The molecule has 0 aliphatic rings. The van der Waals surface area contributed by atoms with Gasteiger partial charge in [-0.2, -0.15) is 0 Å². The van der Waals surface area contributed by atoms with Crippen LogP contribution in [0.3, 0.4) is 0 Å². The number of benzene rings is 1. The van der Waals surface area contributed by atoms with Crippen LogP contribution in [-0.4, -0.2) is 41.3 Å². The number of halogens is 3. The molecule has 0 unspecified atom stereocenters. The quantitative estimate of drug-likeness (QED) is 0.493. The number of nitrogens with one attached hydrogen (secondary N) is 1. The van der Waals surface area contributed by atoms with E-state index in [4.69, 9.17) is 10.5 Å². The molecular weight excluding hydrogens is 433 g/mol. The van der Waals surface area contributed by atoms with E-state index >= 15 is 0 Å². The highest BCUT2D eigenvalue weighted by Crippen LogP contribution is 2.22. The van der Waals surface area contributed by atoms with E-state index < -0.39 is 0 Å². The zero-order chi connectivity index (χ0) is 18.2. The summed E-state index contributed by atoms with van der Waals surface area (Å²) in [6, 6.07) is 11.9. The highest BCUT2D eigenvalue weighted by Gasteiger charge is 2.07. The molecule has 0 bridgehead atoms. The van der Waals surface area contributed by atoms with Gasteiger partial charge in [0.05, 0.1) is 24.4 Å². The molecule has 1 aromatic carbocycles. The van der Waals surface area contributed by atoms with Crippen LogP contribution in [-0.2, 0) is 4.74 Å². The third-order valence-electron chi connectivity index (χ3n) is 3.76. The third kappa shape index (κ3) is 8.12. The number of pyridine rings is 1. The number of hydrogen-bond donors (Lipinski definition) is 2. The number of aromatic nitrogens is 3. The lowest BCUT2D eigenvalue weighted by atomic mass is 10.1. The number of fused-ring (bicyclic) bond motifs is 1. The predicted octanol–water partition coefficient (Wildman–Crippen LogP) is 4.16. The molecule has 0 amide bonds. The van der Waals surface area contributed by atoms with Gasteiger partial charge in [0.1, 0.15) is 5.82 Å². The Hall–Kier alpha value is -1.96. The third-order valence-corrected chi connectivity index (χ3v) is 3.76. The highest BCUT2D eigenvalue weighted by atomic mass is 35.5. The van der Waals surface area contributed by atoms with E-state index in [1.165, 1.54) is 5.56 Å². The van der Waals surface area contributed by atoms with Gasteiger partial charge < -0.3 is 15.8 Å². The summed E-state index contributed by atoms with van der Waals surface area (Å²) in [5.74, 6) is 1.44. The Balaban J connectivity index is 0.00000261. The minimum absolute atomic E-state index is 0. The Bertz CT molecular complexity index is 894. The van der Waals surface area contributed by atoms with Crippen molar-refractivity contribution in [3.05, 3.63) is 59.7 Å². The van der Waals surface area contributed by atoms with Crippen LogP contribution in [0.5, 0.6) is 0 Å². The first-order valence-corrected chi connectivity index (χ1v) is 8.65. The topological polar surface area (TPSA) is 86.0 Å². The first-order chi connectivity index (χ1) is 12.8. The molecule has 2 aromatic heterocycles. The van der Waals surface area contributed by atoms with Crippen molar-refractivity contribution < 1.29 is 4.74 Å². The normalized spacial score (nSPS) is 10.1. The Morgan fingerprint density at radius 1 is 1.03 bits per heavy atom. The highest BCUT2D eigenvalue weighted by molar-refractivity contribution is 5.90. The van der Waals surface area contributed by atoms with Gasteiger partial charge in [-0.1, -0.05) is 17.7 Å². The van der Waals surface area contributed by atoms with Gasteiger partial charge in [-0.25, -0.2) is 9.97 Å². The van der Waals surface area contributed by atoms with E-state index in [2.05, 4.69) is 39.3 Å². The molecule has 0 saturated heterocycles. The van der Waals surface area contributed by atoms with Gasteiger partial charge >= 0.3 is 0 Å². The molecule has 9 heteroatoms. The van der Waals surface area contributed by atoms with Crippen LogP contribution < -0.4 is 11.1 Å². The summed E-state index contributed by atoms with van der Waals surface area (Å²) in [4.78, 5) is 13.6. The van der Waals surface area contributed by atoms with Crippen LogP contribution in [0.1, 0.15) is 17.1 Å². The van der Waals surface area contributed by atoms with Crippen LogP contribution >= 0.6 is 37.2 Å². The number of aryl methyl sites for hydroxylation is 1. The Labute approximate surface area is 189 Å². The van der Waals surface area contributed by atoms with Crippen LogP contribution in [0.25, 0.3) is 23.1 Å². The molecule has 158 valence electrons. The predicted molar refractivity (Wildman–Crippen MR) is 128 cm³/mol. The summed E-state index contributed by atoms with van der Waals surface area (Å²) >= 11 is 0. The average molecular weight is 459 g/mol. The molecular formula is C20H26Cl3N5O. The van der Waals surface area contributed by atoms with Gasteiger partial charge in [-0.3, -0.25) is 4.98 Å². The van der Waals surface area contributed by atoms with Crippen LogP contribution in [0, 0.1) is 6.92 Å². The summed E-state index contributed by atoms with van der Waals surface area (Å²) in [6.07, 6.45) is 5.54. The Kier molecular flexibility index (Phi) is 13.1. The number of nitrogens with two attached hydrogens (primary N) is 1. The summed E-state index contributed by atoms with van der Waals surface area (Å²) in [5, 5.41) is 4.34. The van der Waals surface area contributed by atoms with E-state index in [0.29, 0.717) is 32.1 Å². The average Bonchev–Trinajstić information content (AvgIpc) is 2.67. The molecule has 0 fully saturated rings. The van der Waals surface area contributed by atoms with Crippen molar-refractivity contribution in [2.24, 2.45) is 5.73 Å². The Morgan fingerprint density at radius 3 is 2.59 bits per heavy atom. The van der Waals surface area contributed by atoms with Crippen molar-refractivity contribution in [1.29, 1.82) is 0 Å². The van der Waals surface area contributed by atoms with Crippen molar-refractivity contribution in [3.8, 4) is 0 Å². The largest absolute Gasteiger partial charge is 0.378 e. The van der Waals surface area contributed by atoms with Crippen molar-refractivity contribution in [1.82, 2.24) is 15.0 Å². The first kappa shape index (κ1) is 27.0. The van der Waals surface area contributed by atoms with Crippen molar-refractivity contribution in [2.75, 3.05) is 31.6 Å². The maximum absolute atomic E-state index is 5.44. The fourth-order valence-electron chi connectivity index (χ4n) is 2.53. The molecule has 0 aliphatic carbocycles. The molecule has 3 aromatic rings. The molecule has 3 rings (SSSR count). The number of nitrogens with zero attached hydrogens (tertiary/aromatic N) is 3. The second kappa shape index (κ2) is 14.1. The van der Waals surface area contributed by atoms with Crippen molar-refractivity contribution in [3.63, 3.8) is 0 Å². The molecule has 0 spiro atoms. The van der Waals surface area contributed by atoms with Gasteiger partial charge in [-0.05, 0) is 43.3 Å². The monoisotopic (exact) mass is 457 g/mol. The zero-order valence-corrected chi connectivity index (χ0v) is 18.5. The molecule has 3 N–H and O–H groups in total. The second-order valence-corrected chi connectivity index (χ2v) is 5.87. The number of ether oxygens (including phenoxy) is 1. The number of hydrogen-bond acceptors (Lipinski definition) is 6. The van der Waals surface area contributed by atoms with Crippen LogP contribution in [0.2, 0.25) is 0 Å². The molecule has 0 saturated carbocycles. The summed E-state index contributed by atoms with van der Waals surface area (Å²) in [6.45, 7) is 4.38. The maximum Gasteiger partial charge on any atom is 0.155 e. The molecule has 0 radical (unpaired) electrons. The van der Waals surface area contributed by atoms with Gasteiger partial charge in [0.15, 0.2) is 5.82 Å². The number of anilines is 1. The second-order valence-electron chi connectivity index (χ2n) is 5.87.